The van der Waals surface area contributed by atoms with Crippen molar-refractivity contribution in [2.45, 2.75) is 30.7 Å². The molecule has 1 atom stereocenters. The second kappa shape index (κ2) is 10.0. The van der Waals surface area contributed by atoms with Crippen LogP contribution in [0.4, 0.5) is 5.69 Å². The number of hydrogen-bond acceptors (Lipinski definition) is 6. The van der Waals surface area contributed by atoms with Gasteiger partial charge in [0.25, 0.3) is 11.5 Å². The van der Waals surface area contributed by atoms with E-state index in [0.29, 0.717) is 27.9 Å². The molecule has 2 aromatic heterocycles. The topological polar surface area (TPSA) is 93.1 Å². The van der Waals surface area contributed by atoms with Crippen molar-refractivity contribution in [2.24, 2.45) is 0 Å². The highest BCUT2D eigenvalue weighted by atomic mass is 32.2. The van der Waals surface area contributed by atoms with E-state index in [4.69, 9.17) is 0 Å². The van der Waals surface area contributed by atoms with Crippen molar-refractivity contribution in [3.05, 3.63) is 87.5 Å². The number of carbonyl (C=O) groups excluding carboxylic acids is 2. The molecule has 0 aliphatic heterocycles. The minimum absolute atomic E-state index is 0.200. The van der Waals surface area contributed by atoms with Gasteiger partial charge in [-0.1, -0.05) is 49.0 Å². The van der Waals surface area contributed by atoms with E-state index in [1.165, 1.54) is 11.3 Å². The summed E-state index contributed by atoms with van der Waals surface area (Å²) in [7, 11) is 0. The van der Waals surface area contributed by atoms with Crippen LogP contribution < -0.4 is 16.3 Å². The predicted octanol–water partition coefficient (Wildman–Crippen LogP) is 4.66. The van der Waals surface area contributed by atoms with Crippen molar-refractivity contribution in [3.8, 4) is 0 Å². The lowest BCUT2D eigenvalue weighted by atomic mass is 10.2. The second-order valence-corrected chi connectivity index (χ2v) is 9.44. The number of aryl methyl sites for hydroxylation is 1. The molecule has 0 aliphatic rings. The third-order valence-electron chi connectivity index (χ3n) is 4.89. The Labute approximate surface area is 198 Å². The summed E-state index contributed by atoms with van der Waals surface area (Å²) in [6.45, 7) is 3.84. The standard InChI is InChI=1S/C24H22N4O3S2/c1-3-19(22(30)25-17-11-7-8-15(2)14-17)33-24-26-18-12-13-32-20(18)23(31)28(24)27-21(29)16-9-5-4-6-10-16/h4-14,19H,3H2,1-2H3,(H,25,30)(H,27,29). The number of benzene rings is 2. The highest BCUT2D eigenvalue weighted by Crippen LogP contribution is 2.27. The number of anilines is 1. The first kappa shape index (κ1) is 22.8. The number of amides is 2. The molecule has 0 bridgehead atoms. The summed E-state index contributed by atoms with van der Waals surface area (Å²) in [5, 5.41) is 4.43. The molecule has 2 N–H and O–H groups in total. The number of thiophene rings is 1. The molecule has 0 spiro atoms. The minimum Gasteiger partial charge on any atom is -0.325 e. The number of rotatable bonds is 7. The molecular weight excluding hydrogens is 456 g/mol. The molecule has 0 saturated carbocycles. The molecule has 4 aromatic rings. The highest BCUT2D eigenvalue weighted by molar-refractivity contribution is 8.00. The maximum Gasteiger partial charge on any atom is 0.291 e. The third-order valence-corrected chi connectivity index (χ3v) is 7.10. The monoisotopic (exact) mass is 478 g/mol. The van der Waals surface area contributed by atoms with Crippen LogP contribution in [-0.4, -0.2) is 26.7 Å². The van der Waals surface area contributed by atoms with E-state index in [2.05, 4.69) is 15.7 Å². The number of nitrogens with zero attached hydrogens (tertiary/aromatic N) is 2. The van der Waals surface area contributed by atoms with E-state index in [1.54, 1.807) is 35.7 Å². The number of aromatic nitrogens is 2. The summed E-state index contributed by atoms with van der Waals surface area (Å²) >= 11 is 2.40. The number of fused-ring (bicyclic) bond motifs is 1. The smallest absolute Gasteiger partial charge is 0.291 e. The fraction of sp³-hybridized carbons (Fsp3) is 0.167. The summed E-state index contributed by atoms with van der Waals surface area (Å²) in [4.78, 5) is 43.5. The number of nitrogens with one attached hydrogen (secondary N) is 2. The maximum atomic E-state index is 13.2. The van der Waals surface area contributed by atoms with E-state index in [1.807, 2.05) is 44.2 Å². The van der Waals surface area contributed by atoms with E-state index in [0.717, 1.165) is 22.0 Å². The Morgan fingerprint density at radius 1 is 1.12 bits per heavy atom. The van der Waals surface area contributed by atoms with Crippen LogP contribution in [0.1, 0.15) is 29.3 Å². The zero-order valence-corrected chi connectivity index (χ0v) is 19.7. The average Bonchev–Trinajstić information content (AvgIpc) is 3.29. The quantitative estimate of drug-likeness (QED) is 0.298. The SMILES string of the molecule is CCC(Sc1nc2ccsc2c(=O)n1NC(=O)c1ccccc1)C(=O)Nc1cccc(C)c1. The van der Waals surface area contributed by atoms with Crippen molar-refractivity contribution in [3.63, 3.8) is 0 Å². The Balaban J connectivity index is 1.65. The Kier molecular flexibility index (Phi) is 6.90. The molecule has 0 radical (unpaired) electrons. The normalized spacial score (nSPS) is 11.8. The van der Waals surface area contributed by atoms with Gasteiger partial charge in [-0.2, -0.15) is 4.68 Å². The molecule has 0 saturated heterocycles. The Morgan fingerprint density at radius 3 is 2.64 bits per heavy atom. The van der Waals surface area contributed by atoms with Gasteiger partial charge in [0.1, 0.15) is 4.70 Å². The van der Waals surface area contributed by atoms with Gasteiger partial charge in [-0.25, -0.2) is 4.98 Å². The molecule has 0 fully saturated rings. The zero-order chi connectivity index (χ0) is 23.4. The fourth-order valence-corrected chi connectivity index (χ4v) is 4.95. The number of hydrogen-bond donors (Lipinski definition) is 2. The van der Waals surface area contributed by atoms with Crippen molar-refractivity contribution in [1.29, 1.82) is 0 Å². The second-order valence-electron chi connectivity index (χ2n) is 7.35. The fourth-order valence-electron chi connectivity index (χ4n) is 3.22. The molecule has 33 heavy (non-hydrogen) atoms. The van der Waals surface area contributed by atoms with Gasteiger partial charge in [-0.15, -0.1) is 11.3 Å². The first-order valence-corrected chi connectivity index (χ1v) is 12.1. The van der Waals surface area contributed by atoms with Gasteiger partial charge in [0.2, 0.25) is 5.91 Å². The van der Waals surface area contributed by atoms with Gasteiger partial charge in [-0.05, 0) is 54.6 Å². The lowest BCUT2D eigenvalue weighted by Crippen LogP contribution is -2.35. The van der Waals surface area contributed by atoms with Crippen molar-refractivity contribution in [1.82, 2.24) is 9.66 Å². The van der Waals surface area contributed by atoms with Crippen LogP contribution >= 0.6 is 23.1 Å². The summed E-state index contributed by atoms with van der Waals surface area (Å²) in [6, 6.07) is 17.9. The summed E-state index contributed by atoms with van der Waals surface area (Å²) < 4.78 is 1.58. The van der Waals surface area contributed by atoms with Crippen molar-refractivity contribution >= 4 is 50.8 Å². The number of thioether (sulfide) groups is 1. The van der Waals surface area contributed by atoms with Gasteiger partial charge < -0.3 is 5.32 Å². The van der Waals surface area contributed by atoms with Gasteiger partial charge in [0.05, 0.1) is 10.8 Å². The van der Waals surface area contributed by atoms with Gasteiger partial charge in [0.15, 0.2) is 5.16 Å². The van der Waals surface area contributed by atoms with Gasteiger partial charge in [-0.3, -0.25) is 19.8 Å². The molecule has 0 aliphatic carbocycles. The van der Waals surface area contributed by atoms with E-state index >= 15 is 0 Å². The summed E-state index contributed by atoms with van der Waals surface area (Å²) in [5.74, 6) is -0.636. The van der Waals surface area contributed by atoms with Crippen molar-refractivity contribution < 1.29 is 9.59 Å². The van der Waals surface area contributed by atoms with Gasteiger partial charge >= 0.3 is 0 Å². The molecular formula is C24H22N4O3S2. The Morgan fingerprint density at radius 2 is 1.91 bits per heavy atom. The lowest BCUT2D eigenvalue weighted by molar-refractivity contribution is -0.115. The zero-order valence-electron chi connectivity index (χ0n) is 18.1. The molecule has 4 rings (SSSR count). The molecule has 7 nitrogen and oxygen atoms in total. The Bertz CT molecular complexity index is 1370. The maximum absolute atomic E-state index is 13.2. The number of carbonyl (C=O) groups is 2. The molecule has 1 unspecified atom stereocenters. The van der Waals surface area contributed by atoms with Crippen LogP contribution in [0.2, 0.25) is 0 Å². The largest absolute Gasteiger partial charge is 0.325 e. The minimum atomic E-state index is -0.520. The molecule has 2 heterocycles. The molecule has 2 aromatic carbocycles. The van der Waals surface area contributed by atoms with E-state index in [9.17, 15) is 14.4 Å². The third kappa shape index (κ3) is 5.15. The first-order chi connectivity index (χ1) is 16.0. The van der Waals surface area contributed by atoms with Crippen LogP contribution in [0.3, 0.4) is 0 Å². The highest BCUT2D eigenvalue weighted by Gasteiger charge is 2.23. The van der Waals surface area contributed by atoms with Crippen molar-refractivity contribution in [2.75, 3.05) is 10.7 Å². The van der Waals surface area contributed by atoms with Crippen LogP contribution in [-0.2, 0) is 4.79 Å². The van der Waals surface area contributed by atoms with E-state index < -0.39 is 11.2 Å². The van der Waals surface area contributed by atoms with Crippen LogP contribution in [0.25, 0.3) is 10.2 Å². The van der Waals surface area contributed by atoms with Crippen LogP contribution in [0, 0.1) is 6.92 Å². The molecule has 168 valence electrons. The van der Waals surface area contributed by atoms with E-state index in [-0.39, 0.29) is 16.6 Å². The summed E-state index contributed by atoms with van der Waals surface area (Å²) in [5.41, 5.74) is 4.97. The Hall–Kier alpha value is -3.43. The summed E-state index contributed by atoms with van der Waals surface area (Å²) in [6.07, 6.45) is 0.506. The lowest BCUT2D eigenvalue weighted by Gasteiger charge is -2.18. The van der Waals surface area contributed by atoms with Crippen LogP contribution in [0.15, 0.2) is 76.0 Å². The average molecular weight is 479 g/mol. The molecule has 2 amide bonds. The van der Waals surface area contributed by atoms with Gasteiger partial charge in [0, 0.05) is 11.3 Å². The van der Waals surface area contributed by atoms with Crippen LogP contribution in [0.5, 0.6) is 0 Å². The molecule has 9 heteroatoms. The first-order valence-electron chi connectivity index (χ1n) is 10.4. The predicted molar refractivity (Wildman–Crippen MR) is 134 cm³/mol.